The van der Waals surface area contributed by atoms with Gasteiger partial charge in [-0.25, -0.2) is 0 Å². The van der Waals surface area contributed by atoms with Crippen LogP contribution in [-0.4, -0.2) is 5.24 Å². The van der Waals surface area contributed by atoms with E-state index in [-0.39, 0.29) is 6.07 Å². The molecule has 0 radical (unpaired) electrons. The van der Waals surface area contributed by atoms with Gasteiger partial charge in [0.25, 0.3) is 5.24 Å². The number of nitrogens with two attached hydrogens (primary N) is 1. The van der Waals surface area contributed by atoms with E-state index in [1.807, 2.05) is 0 Å². The molecule has 0 aromatic heterocycles. The molecule has 2 N–H and O–H groups in total. The lowest BCUT2D eigenvalue weighted by Gasteiger charge is -2.18. The Labute approximate surface area is 101 Å². The Hall–Kier alpha value is -1.44. The molecule has 0 unspecified atom stereocenters. The first-order valence-electron chi connectivity index (χ1n) is 4.23. The van der Waals surface area contributed by atoms with Gasteiger partial charge in [0, 0.05) is 0 Å². The summed E-state index contributed by atoms with van der Waals surface area (Å²) in [5.41, 5.74) is -1.29. The highest BCUT2D eigenvalue weighted by atomic mass is 35.5. The van der Waals surface area contributed by atoms with Crippen LogP contribution < -0.4 is 5.73 Å². The highest BCUT2D eigenvalue weighted by molar-refractivity contribution is 6.68. The van der Waals surface area contributed by atoms with Gasteiger partial charge < -0.3 is 5.73 Å². The van der Waals surface area contributed by atoms with E-state index in [4.69, 9.17) is 17.3 Å². The molecule has 0 spiro atoms. The van der Waals surface area contributed by atoms with Gasteiger partial charge >= 0.3 is 12.4 Å². The van der Waals surface area contributed by atoms with Crippen LogP contribution in [0.25, 0.3) is 0 Å². The van der Waals surface area contributed by atoms with Crippen molar-refractivity contribution in [3.63, 3.8) is 0 Å². The summed E-state index contributed by atoms with van der Waals surface area (Å²) < 4.78 is 74.9. The molecule has 1 aromatic carbocycles. The number of halogens is 7. The minimum absolute atomic E-state index is 0.120. The van der Waals surface area contributed by atoms with E-state index in [0.717, 1.165) is 0 Å². The van der Waals surface area contributed by atoms with Gasteiger partial charge in [0.05, 0.1) is 22.4 Å². The largest absolute Gasteiger partial charge is 0.419 e. The van der Waals surface area contributed by atoms with Crippen molar-refractivity contribution in [3.8, 4) is 0 Å². The summed E-state index contributed by atoms with van der Waals surface area (Å²) in [5.74, 6) is 0. The fourth-order valence-electron chi connectivity index (χ4n) is 1.33. The predicted octanol–water partition coefficient (Wildman–Crippen LogP) is 3.69. The third-order valence-corrected chi connectivity index (χ3v) is 2.25. The predicted molar refractivity (Wildman–Crippen MR) is 51.0 cm³/mol. The number of nitrogen functional groups attached to an aromatic ring is 1. The van der Waals surface area contributed by atoms with Crippen LogP contribution in [0.15, 0.2) is 12.1 Å². The molecule has 18 heavy (non-hydrogen) atoms. The molecule has 9 heteroatoms. The van der Waals surface area contributed by atoms with Gasteiger partial charge in [-0.2, -0.15) is 26.3 Å². The van der Waals surface area contributed by atoms with Gasteiger partial charge in [0.15, 0.2) is 0 Å². The van der Waals surface area contributed by atoms with Crippen molar-refractivity contribution in [2.24, 2.45) is 0 Å². The van der Waals surface area contributed by atoms with Gasteiger partial charge in [-0.05, 0) is 23.7 Å². The summed E-state index contributed by atoms with van der Waals surface area (Å²) in [6.07, 6.45) is -10.6. The summed E-state index contributed by atoms with van der Waals surface area (Å²) in [4.78, 5) is 10.7. The second-order valence-electron chi connectivity index (χ2n) is 3.22. The first kappa shape index (κ1) is 14.6. The standard InChI is InChI=1S/C9H4ClF6NO/c10-7(18)3-1-2-4(8(11,12)13)5(6(3)17)9(14,15)16/h1-2H,17H2. The minimum atomic E-state index is -5.35. The normalized spacial score (nSPS) is 12.6. The van der Waals surface area contributed by atoms with Crippen LogP contribution in [-0.2, 0) is 12.4 Å². The number of carbonyl (C=O) groups is 1. The molecule has 0 atom stereocenters. The maximum absolute atomic E-state index is 12.5. The van der Waals surface area contributed by atoms with E-state index in [9.17, 15) is 31.1 Å². The monoisotopic (exact) mass is 291 g/mol. The number of carbonyl (C=O) groups excluding carboxylic acids is 1. The number of anilines is 1. The summed E-state index contributed by atoms with van der Waals surface area (Å²) >= 11 is 4.93. The van der Waals surface area contributed by atoms with Crippen LogP contribution in [0.3, 0.4) is 0 Å². The molecule has 100 valence electrons. The fourth-order valence-corrected chi connectivity index (χ4v) is 1.50. The third kappa shape index (κ3) is 2.69. The number of alkyl halides is 6. The van der Waals surface area contributed by atoms with Crippen molar-refractivity contribution in [2.45, 2.75) is 12.4 Å². The van der Waals surface area contributed by atoms with Crippen LogP contribution in [0.2, 0.25) is 0 Å². The average molecular weight is 292 g/mol. The Morgan fingerprint density at radius 1 is 1.06 bits per heavy atom. The van der Waals surface area contributed by atoms with E-state index in [2.05, 4.69) is 0 Å². The molecule has 0 fully saturated rings. The number of hydrogen-bond acceptors (Lipinski definition) is 2. The van der Waals surface area contributed by atoms with Crippen molar-refractivity contribution in [1.29, 1.82) is 0 Å². The van der Waals surface area contributed by atoms with Crippen LogP contribution >= 0.6 is 11.6 Å². The lowest BCUT2D eigenvalue weighted by Crippen LogP contribution is -2.20. The second kappa shape index (κ2) is 4.34. The summed E-state index contributed by atoms with van der Waals surface area (Å²) in [7, 11) is 0. The zero-order valence-electron chi connectivity index (χ0n) is 8.29. The highest BCUT2D eigenvalue weighted by Crippen LogP contribution is 2.44. The fraction of sp³-hybridized carbons (Fsp3) is 0.222. The van der Waals surface area contributed by atoms with Crippen LogP contribution in [0.1, 0.15) is 21.5 Å². The molecule has 0 aliphatic carbocycles. The molecule has 2 nitrogen and oxygen atoms in total. The Kier molecular flexibility index (Phi) is 3.53. The average Bonchev–Trinajstić information content (AvgIpc) is 2.12. The van der Waals surface area contributed by atoms with E-state index in [0.29, 0.717) is 6.07 Å². The smallest absolute Gasteiger partial charge is 0.398 e. The third-order valence-electron chi connectivity index (χ3n) is 2.05. The van der Waals surface area contributed by atoms with Gasteiger partial charge in [-0.15, -0.1) is 0 Å². The Balaban J connectivity index is 3.69. The topological polar surface area (TPSA) is 43.1 Å². The molecule has 0 saturated carbocycles. The number of benzene rings is 1. The van der Waals surface area contributed by atoms with Gasteiger partial charge in [-0.3, -0.25) is 4.79 Å². The van der Waals surface area contributed by atoms with Crippen molar-refractivity contribution in [1.82, 2.24) is 0 Å². The number of rotatable bonds is 1. The van der Waals surface area contributed by atoms with Crippen molar-refractivity contribution < 1.29 is 31.1 Å². The van der Waals surface area contributed by atoms with Gasteiger partial charge in [-0.1, -0.05) is 0 Å². The van der Waals surface area contributed by atoms with Crippen LogP contribution in [0, 0.1) is 0 Å². The van der Waals surface area contributed by atoms with Gasteiger partial charge in [0.2, 0.25) is 0 Å². The molecule has 0 aliphatic rings. The zero-order chi connectivity index (χ0) is 14.3. The molecule has 1 rings (SSSR count). The lowest BCUT2D eigenvalue weighted by atomic mass is 10.0. The lowest BCUT2D eigenvalue weighted by molar-refractivity contribution is -0.161. The molecular weight excluding hydrogens is 288 g/mol. The maximum atomic E-state index is 12.5. The van der Waals surface area contributed by atoms with Crippen molar-refractivity contribution in [3.05, 3.63) is 28.8 Å². The summed E-state index contributed by atoms with van der Waals surface area (Å²) in [6, 6.07) is 0.623. The quantitative estimate of drug-likeness (QED) is 0.487. The van der Waals surface area contributed by atoms with E-state index in [1.54, 1.807) is 0 Å². The first-order chi connectivity index (χ1) is 7.96. The molecule has 0 heterocycles. The molecule has 0 amide bonds. The van der Waals surface area contributed by atoms with Crippen molar-refractivity contribution in [2.75, 3.05) is 5.73 Å². The first-order valence-corrected chi connectivity index (χ1v) is 4.60. The van der Waals surface area contributed by atoms with Crippen molar-refractivity contribution >= 4 is 22.5 Å². The Morgan fingerprint density at radius 2 is 1.56 bits per heavy atom. The van der Waals surface area contributed by atoms with E-state index < -0.39 is 40.0 Å². The summed E-state index contributed by atoms with van der Waals surface area (Å²) in [6.45, 7) is 0. The van der Waals surface area contributed by atoms with Crippen LogP contribution in [0.4, 0.5) is 32.0 Å². The van der Waals surface area contributed by atoms with E-state index >= 15 is 0 Å². The molecule has 0 bridgehead atoms. The van der Waals surface area contributed by atoms with Gasteiger partial charge in [0.1, 0.15) is 0 Å². The molecular formula is C9H4ClF6NO. The molecule has 1 aromatic rings. The number of hydrogen-bond donors (Lipinski definition) is 1. The summed E-state index contributed by atoms with van der Waals surface area (Å²) in [5, 5.41) is -1.37. The molecule has 0 aliphatic heterocycles. The van der Waals surface area contributed by atoms with E-state index in [1.165, 1.54) is 0 Å². The minimum Gasteiger partial charge on any atom is -0.398 e. The molecule has 0 saturated heterocycles. The SMILES string of the molecule is Nc1c(C(=O)Cl)ccc(C(F)(F)F)c1C(F)(F)F. The zero-order valence-corrected chi connectivity index (χ0v) is 9.04. The Morgan fingerprint density at radius 3 is 1.89 bits per heavy atom. The second-order valence-corrected chi connectivity index (χ2v) is 3.56. The van der Waals surface area contributed by atoms with Crippen LogP contribution in [0.5, 0.6) is 0 Å². The Bertz CT molecular complexity index is 493. The maximum Gasteiger partial charge on any atom is 0.419 e. The highest BCUT2D eigenvalue weighted by Gasteiger charge is 2.45.